The van der Waals surface area contributed by atoms with Crippen molar-refractivity contribution in [1.82, 2.24) is 19.9 Å². The van der Waals surface area contributed by atoms with Crippen molar-refractivity contribution in [2.24, 2.45) is 0 Å². The zero-order valence-electron chi connectivity index (χ0n) is 14.8. The molecule has 1 aromatic carbocycles. The summed E-state index contributed by atoms with van der Waals surface area (Å²) < 4.78 is 1.73. The molecule has 1 aliphatic carbocycles. The van der Waals surface area contributed by atoms with Gasteiger partial charge in [0.25, 0.3) is 5.91 Å². The number of aryl methyl sites for hydroxylation is 2. The normalized spacial score (nSPS) is 22.6. The van der Waals surface area contributed by atoms with Gasteiger partial charge in [-0.3, -0.25) is 4.79 Å². The zero-order valence-corrected chi connectivity index (χ0v) is 14.8. The molecule has 6 nitrogen and oxygen atoms in total. The molecule has 6 heteroatoms. The molecule has 1 fully saturated rings. The number of carbonyl (C=O) groups is 1. The Hall–Kier alpha value is -2.21. The lowest BCUT2D eigenvalue weighted by Crippen LogP contribution is -2.34. The Labute approximate surface area is 147 Å². The number of hydrogen-bond donors (Lipinski definition) is 1. The summed E-state index contributed by atoms with van der Waals surface area (Å²) >= 11 is 0. The van der Waals surface area contributed by atoms with Crippen LogP contribution in [0.15, 0.2) is 24.4 Å². The quantitative estimate of drug-likeness (QED) is 0.929. The maximum absolute atomic E-state index is 12.9. The van der Waals surface area contributed by atoms with Crippen LogP contribution in [0.5, 0.6) is 0 Å². The van der Waals surface area contributed by atoms with Gasteiger partial charge < -0.3 is 10.0 Å². The SMILES string of the molecule is CC(C)n1cc([C@@]2(O)CCN(C(=O)c3ccc4c(c3)CCC4)C2)nn1. The molecule has 0 radical (unpaired) electrons. The van der Waals surface area contributed by atoms with E-state index in [1.807, 2.05) is 26.0 Å². The van der Waals surface area contributed by atoms with Crippen LogP contribution in [0.4, 0.5) is 0 Å². The van der Waals surface area contributed by atoms with E-state index in [4.69, 9.17) is 0 Å². The van der Waals surface area contributed by atoms with Gasteiger partial charge in [-0.15, -0.1) is 5.10 Å². The first-order valence-corrected chi connectivity index (χ1v) is 9.02. The summed E-state index contributed by atoms with van der Waals surface area (Å²) in [4.78, 5) is 14.6. The van der Waals surface area contributed by atoms with Gasteiger partial charge in [-0.05, 0) is 56.4 Å². The molecule has 1 N–H and O–H groups in total. The molecule has 2 aromatic rings. The van der Waals surface area contributed by atoms with Crippen molar-refractivity contribution < 1.29 is 9.90 Å². The Bertz CT molecular complexity index is 814. The summed E-state index contributed by atoms with van der Waals surface area (Å²) in [6.45, 7) is 4.82. The van der Waals surface area contributed by atoms with Crippen LogP contribution < -0.4 is 0 Å². The Morgan fingerprint density at radius 2 is 2.08 bits per heavy atom. The molecular weight excluding hydrogens is 316 g/mol. The van der Waals surface area contributed by atoms with Gasteiger partial charge in [-0.1, -0.05) is 11.3 Å². The zero-order chi connectivity index (χ0) is 17.6. The second kappa shape index (κ2) is 5.95. The number of hydrogen-bond acceptors (Lipinski definition) is 4. The lowest BCUT2D eigenvalue weighted by atomic mass is 10.00. The standard InChI is InChI=1S/C19H24N4O2/c1-13(2)23-11-17(20-21-23)19(25)8-9-22(12-19)18(24)16-7-6-14-4-3-5-15(14)10-16/h6-7,10-11,13,25H,3-5,8-9,12H2,1-2H3/t19-/m1/s1. The van der Waals surface area contributed by atoms with Crippen molar-refractivity contribution in [1.29, 1.82) is 0 Å². The molecule has 25 heavy (non-hydrogen) atoms. The number of carbonyl (C=O) groups excluding carboxylic acids is 1. The number of aromatic nitrogens is 3. The highest BCUT2D eigenvalue weighted by Gasteiger charge is 2.42. The summed E-state index contributed by atoms with van der Waals surface area (Å²) in [6.07, 6.45) is 5.61. The van der Waals surface area contributed by atoms with E-state index in [0.717, 1.165) is 18.4 Å². The first kappa shape index (κ1) is 16.3. The van der Waals surface area contributed by atoms with Crippen LogP contribution >= 0.6 is 0 Å². The van der Waals surface area contributed by atoms with Crippen molar-refractivity contribution in [3.8, 4) is 0 Å². The first-order valence-electron chi connectivity index (χ1n) is 9.02. The average Bonchev–Trinajstić information content (AvgIpc) is 3.32. The van der Waals surface area contributed by atoms with E-state index in [9.17, 15) is 9.90 Å². The van der Waals surface area contributed by atoms with Gasteiger partial charge in [-0.25, -0.2) is 4.68 Å². The lowest BCUT2D eigenvalue weighted by Gasteiger charge is -2.21. The maximum Gasteiger partial charge on any atom is 0.253 e. The minimum absolute atomic E-state index is 0.0122. The molecule has 4 rings (SSSR count). The number of fused-ring (bicyclic) bond motifs is 1. The highest BCUT2D eigenvalue weighted by atomic mass is 16.3. The summed E-state index contributed by atoms with van der Waals surface area (Å²) in [5.74, 6) is -0.0122. The molecule has 132 valence electrons. The molecule has 0 saturated carbocycles. The lowest BCUT2D eigenvalue weighted by molar-refractivity contribution is 0.0381. The molecule has 0 bridgehead atoms. The number of β-amino-alcohol motifs (C(OH)–C–C–N with tert-alkyl or cyclic N) is 1. The van der Waals surface area contributed by atoms with E-state index in [0.29, 0.717) is 18.7 Å². The van der Waals surface area contributed by atoms with Gasteiger partial charge >= 0.3 is 0 Å². The number of nitrogens with zero attached hydrogens (tertiary/aromatic N) is 4. The predicted octanol–water partition coefficient (Wildman–Crippen LogP) is 2.08. The first-order chi connectivity index (χ1) is 12.0. The van der Waals surface area contributed by atoms with Gasteiger partial charge in [0.2, 0.25) is 0 Å². The van der Waals surface area contributed by atoms with Crippen molar-refractivity contribution in [3.63, 3.8) is 0 Å². The van der Waals surface area contributed by atoms with Gasteiger partial charge in [0.05, 0.1) is 12.7 Å². The van der Waals surface area contributed by atoms with E-state index < -0.39 is 5.60 Å². The highest BCUT2D eigenvalue weighted by molar-refractivity contribution is 5.94. The molecule has 1 amide bonds. The van der Waals surface area contributed by atoms with Crippen LogP contribution in [0.25, 0.3) is 0 Å². The Kier molecular flexibility index (Phi) is 3.87. The summed E-state index contributed by atoms with van der Waals surface area (Å²) in [5.41, 5.74) is 2.81. The third kappa shape index (κ3) is 2.84. The second-order valence-corrected chi connectivity index (χ2v) is 7.52. The minimum Gasteiger partial charge on any atom is -0.381 e. The van der Waals surface area contributed by atoms with Gasteiger partial charge in [0.15, 0.2) is 0 Å². The van der Waals surface area contributed by atoms with Crippen LogP contribution in [0, 0.1) is 0 Å². The van der Waals surface area contributed by atoms with E-state index in [-0.39, 0.29) is 18.5 Å². The topological polar surface area (TPSA) is 71.2 Å². The number of benzene rings is 1. The van der Waals surface area contributed by atoms with Gasteiger partial charge in [-0.2, -0.15) is 0 Å². The Balaban J connectivity index is 1.52. The van der Waals surface area contributed by atoms with Crippen molar-refractivity contribution >= 4 is 5.91 Å². The van der Waals surface area contributed by atoms with E-state index in [2.05, 4.69) is 16.4 Å². The molecule has 0 unspecified atom stereocenters. The Morgan fingerprint density at radius 1 is 1.28 bits per heavy atom. The van der Waals surface area contributed by atoms with Gasteiger partial charge in [0.1, 0.15) is 11.3 Å². The highest BCUT2D eigenvalue weighted by Crippen LogP contribution is 2.32. The molecule has 0 spiro atoms. The van der Waals surface area contributed by atoms with Crippen LogP contribution in [-0.4, -0.2) is 44.0 Å². The molecule has 2 aliphatic rings. The molecule has 1 aliphatic heterocycles. The van der Waals surface area contributed by atoms with Crippen LogP contribution in [0.2, 0.25) is 0 Å². The number of rotatable bonds is 3. The predicted molar refractivity (Wildman–Crippen MR) is 93.3 cm³/mol. The smallest absolute Gasteiger partial charge is 0.253 e. The monoisotopic (exact) mass is 340 g/mol. The van der Waals surface area contributed by atoms with Crippen molar-refractivity contribution in [2.45, 2.75) is 51.2 Å². The van der Waals surface area contributed by atoms with Crippen LogP contribution in [0.3, 0.4) is 0 Å². The third-order valence-corrected chi connectivity index (χ3v) is 5.40. The summed E-state index contributed by atoms with van der Waals surface area (Å²) in [5, 5.41) is 19.2. The fraction of sp³-hybridized carbons (Fsp3) is 0.526. The molecular formula is C19H24N4O2. The van der Waals surface area contributed by atoms with Crippen LogP contribution in [-0.2, 0) is 18.4 Å². The number of aliphatic hydroxyl groups is 1. The fourth-order valence-corrected chi connectivity index (χ4v) is 3.81. The molecule has 2 heterocycles. The largest absolute Gasteiger partial charge is 0.381 e. The molecule has 1 atom stereocenters. The molecule has 1 aromatic heterocycles. The second-order valence-electron chi connectivity index (χ2n) is 7.52. The van der Waals surface area contributed by atoms with E-state index in [1.54, 1.807) is 15.8 Å². The van der Waals surface area contributed by atoms with Crippen LogP contribution in [0.1, 0.15) is 59.9 Å². The van der Waals surface area contributed by atoms with Crippen molar-refractivity contribution in [3.05, 3.63) is 46.8 Å². The number of likely N-dealkylation sites (tertiary alicyclic amines) is 1. The third-order valence-electron chi connectivity index (χ3n) is 5.40. The summed E-state index contributed by atoms with van der Waals surface area (Å²) in [6, 6.07) is 6.21. The maximum atomic E-state index is 12.9. The van der Waals surface area contributed by atoms with E-state index >= 15 is 0 Å². The fourth-order valence-electron chi connectivity index (χ4n) is 3.81. The Morgan fingerprint density at radius 3 is 2.84 bits per heavy atom. The van der Waals surface area contributed by atoms with Gasteiger partial charge in [0, 0.05) is 24.6 Å². The minimum atomic E-state index is -1.11. The molecule has 1 saturated heterocycles. The van der Waals surface area contributed by atoms with E-state index in [1.165, 1.54) is 17.5 Å². The number of amides is 1. The summed E-state index contributed by atoms with van der Waals surface area (Å²) in [7, 11) is 0. The average molecular weight is 340 g/mol. The van der Waals surface area contributed by atoms with Crippen molar-refractivity contribution in [2.75, 3.05) is 13.1 Å².